The minimum Gasteiger partial charge on any atom is -0.320 e. The number of rotatable bonds is 1. The molecule has 2 atom stereocenters. The lowest BCUT2D eigenvalue weighted by atomic mass is 10.1. The van der Waals surface area contributed by atoms with Crippen molar-refractivity contribution >= 4 is 11.7 Å². The van der Waals surface area contributed by atoms with Crippen LogP contribution in [0.4, 0.5) is 14.9 Å². The first-order chi connectivity index (χ1) is 8.74. The van der Waals surface area contributed by atoms with E-state index in [0.29, 0.717) is 17.6 Å². The Hall–Kier alpha value is -1.62. The minimum atomic E-state index is -0.297. The molecule has 0 radical (unpaired) electrons. The zero-order valence-electron chi connectivity index (χ0n) is 10.0. The van der Waals surface area contributed by atoms with E-state index in [2.05, 4.69) is 10.6 Å². The fourth-order valence-corrected chi connectivity index (χ4v) is 2.83. The van der Waals surface area contributed by atoms with E-state index in [1.54, 1.807) is 12.1 Å². The van der Waals surface area contributed by atoms with Crippen molar-refractivity contribution in [3.63, 3.8) is 0 Å². The Balaban J connectivity index is 1.66. The maximum atomic E-state index is 12.8. The molecule has 1 aromatic rings. The van der Waals surface area contributed by atoms with Gasteiger partial charge in [-0.2, -0.15) is 0 Å². The molecule has 0 aliphatic carbocycles. The second kappa shape index (κ2) is 4.57. The zero-order valence-corrected chi connectivity index (χ0v) is 10.0. The van der Waals surface area contributed by atoms with Crippen LogP contribution < -0.4 is 10.6 Å². The third kappa shape index (κ3) is 2.06. The van der Waals surface area contributed by atoms with Crippen molar-refractivity contribution in [1.82, 2.24) is 10.2 Å². The molecule has 5 heteroatoms. The van der Waals surface area contributed by atoms with Crippen LogP contribution in [0.15, 0.2) is 24.3 Å². The SMILES string of the molecule is O=C(Nc1ccc(F)cc1)N1CC[C@H]2CNC[C@H]21. The van der Waals surface area contributed by atoms with Crippen LogP contribution in [0.3, 0.4) is 0 Å². The summed E-state index contributed by atoms with van der Waals surface area (Å²) < 4.78 is 12.8. The van der Waals surface area contributed by atoms with E-state index in [1.165, 1.54) is 12.1 Å². The van der Waals surface area contributed by atoms with Gasteiger partial charge >= 0.3 is 6.03 Å². The highest BCUT2D eigenvalue weighted by atomic mass is 19.1. The topological polar surface area (TPSA) is 44.4 Å². The number of nitrogens with zero attached hydrogens (tertiary/aromatic N) is 1. The zero-order chi connectivity index (χ0) is 12.5. The van der Waals surface area contributed by atoms with Gasteiger partial charge in [0.15, 0.2) is 0 Å². The number of amides is 2. The molecule has 18 heavy (non-hydrogen) atoms. The number of halogens is 1. The molecule has 0 aromatic heterocycles. The quantitative estimate of drug-likeness (QED) is 0.795. The molecule has 2 fully saturated rings. The van der Waals surface area contributed by atoms with Crippen molar-refractivity contribution in [1.29, 1.82) is 0 Å². The van der Waals surface area contributed by atoms with Crippen molar-refractivity contribution in [2.45, 2.75) is 12.5 Å². The lowest BCUT2D eigenvalue weighted by Gasteiger charge is -2.23. The highest BCUT2D eigenvalue weighted by molar-refractivity contribution is 5.89. The first-order valence-corrected chi connectivity index (χ1v) is 6.28. The molecule has 0 unspecified atom stereocenters. The predicted octanol–water partition coefficient (Wildman–Crippen LogP) is 1.65. The third-order valence-corrected chi connectivity index (χ3v) is 3.80. The molecule has 2 N–H and O–H groups in total. The molecule has 2 aliphatic rings. The van der Waals surface area contributed by atoms with Crippen LogP contribution in [-0.4, -0.2) is 36.6 Å². The molecule has 4 nitrogen and oxygen atoms in total. The maximum Gasteiger partial charge on any atom is 0.322 e. The number of urea groups is 1. The molecule has 0 spiro atoms. The first-order valence-electron chi connectivity index (χ1n) is 6.28. The molecule has 2 aliphatic heterocycles. The van der Waals surface area contributed by atoms with Gasteiger partial charge in [-0.1, -0.05) is 0 Å². The van der Waals surface area contributed by atoms with E-state index in [9.17, 15) is 9.18 Å². The summed E-state index contributed by atoms with van der Waals surface area (Å²) in [5.41, 5.74) is 0.635. The van der Waals surface area contributed by atoms with E-state index >= 15 is 0 Å². The van der Waals surface area contributed by atoms with Gasteiger partial charge in [-0.05, 0) is 36.6 Å². The Morgan fingerprint density at radius 2 is 2.11 bits per heavy atom. The number of hydrogen-bond acceptors (Lipinski definition) is 2. The van der Waals surface area contributed by atoms with Gasteiger partial charge in [0.05, 0.1) is 0 Å². The van der Waals surface area contributed by atoms with Crippen LogP contribution >= 0.6 is 0 Å². The van der Waals surface area contributed by atoms with Crippen LogP contribution in [0.2, 0.25) is 0 Å². The first kappa shape index (κ1) is 11.5. The molecule has 3 rings (SSSR count). The van der Waals surface area contributed by atoms with E-state index in [-0.39, 0.29) is 11.8 Å². The Bertz CT molecular complexity index is 448. The van der Waals surface area contributed by atoms with Crippen LogP contribution in [0.5, 0.6) is 0 Å². The van der Waals surface area contributed by atoms with Gasteiger partial charge in [0, 0.05) is 31.4 Å². The van der Waals surface area contributed by atoms with E-state index in [4.69, 9.17) is 0 Å². The van der Waals surface area contributed by atoms with Crippen LogP contribution in [0.25, 0.3) is 0 Å². The van der Waals surface area contributed by atoms with Gasteiger partial charge in [-0.25, -0.2) is 9.18 Å². The van der Waals surface area contributed by atoms with Crippen molar-refractivity contribution in [3.05, 3.63) is 30.1 Å². The monoisotopic (exact) mass is 249 g/mol. The van der Waals surface area contributed by atoms with Crippen LogP contribution in [-0.2, 0) is 0 Å². The summed E-state index contributed by atoms with van der Waals surface area (Å²) in [4.78, 5) is 14.0. The van der Waals surface area contributed by atoms with Gasteiger partial charge in [-0.15, -0.1) is 0 Å². The minimum absolute atomic E-state index is 0.0854. The van der Waals surface area contributed by atoms with Gasteiger partial charge < -0.3 is 15.5 Å². The molecular weight excluding hydrogens is 233 g/mol. The number of anilines is 1. The molecule has 1 aromatic carbocycles. The number of hydrogen-bond donors (Lipinski definition) is 2. The summed E-state index contributed by atoms with van der Waals surface area (Å²) in [6, 6.07) is 6.07. The van der Waals surface area contributed by atoms with E-state index < -0.39 is 0 Å². The number of nitrogens with one attached hydrogen (secondary N) is 2. The molecule has 0 saturated carbocycles. The average molecular weight is 249 g/mol. The molecule has 2 heterocycles. The van der Waals surface area contributed by atoms with Gasteiger partial charge in [0.1, 0.15) is 5.82 Å². The third-order valence-electron chi connectivity index (χ3n) is 3.80. The fraction of sp³-hybridized carbons (Fsp3) is 0.462. The number of carbonyl (C=O) groups excluding carboxylic acids is 1. The number of carbonyl (C=O) groups is 1. The summed E-state index contributed by atoms with van der Waals surface area (Å²) in [5.74, 6) is 0.290. The van der Waals surface area contributed by atoms with Gasteiger partial charge in [0.25, 0.3) is 0 Å². The van der Waals surface area contributed by atoms with Crippen LogP contribution in [0, 0.1) is 11.7 Å². The molecule has 2 saturated heterocycles. The van der Waals surface area contributed by atoms with Gasteiger partial charge in [-0.3, -0.25) is 0 Å². The summed E-state index contributed by atoms with van der Waals surface area (Å²) in [5, 5.41) is 6.13. The van der Waals surface area contributed by atoms with Crippen molar-refractivity contribution < 1.29 is 9.18 Å². The Kier molecular flexibility index (Phi) is 2.91. The van der Waals surface area contributed by atoms with Crippen molar-refractivity contribution in [2.75, 3.05) is 25.0 Å². The second-order valence-electron chi connectivity index (χ2n) is 4.90. The Labute approximate surface area is 105 Å². The summed E-state index contributed by atoms with van der Waals surface area (Å²) in [6.07, 6.45) is 1.06. The second-order valence-corrected chi connectivity index (χ2v) is 4.90. The largest absolute Gasteiger partial charge is 0.322 e. The van der Waals surface area contributed by atoms with Gasteiger partial charge in [0.2, 0.25) is 0 Å². The maximum absolute atomic E-state index is 12.8. The summed E-state index contributed by atoms with van der Waals surface area (Å²) in [6.45, 7) is 2.69. The summed E-state index contributed by atoms with van der Waals surface area (Å²) in [7, 11) is 0. The van der Waals surface area contributed by atoms with E-state index in [1.807, 2.05) is 4.90 Å². The average Bonchev–Trinajstić information content (AvgIpc) is 2.93. The van der Waals surface area contributed by atoms with Crippen molar-refractivity contribution in [3.8, 4) is 0 Å². The Morgan fingerprint density at radius 3 is 2.89 bits per heavy atom. The standard InChI is InChI=1S/C13H16FN3O/c14-10-1-3-11(4-2-10)16-13(18)17-6-5-9-7-15-8-12(9)17/h1-4,9,12,15H,5-8H2,(H,16,18)/t9-,12+/m0/s1. The number of fused-ring (bicyclic) bond motifs is 1. The molecular formula is C13H16FN3O. The smallest absolute Gasteiger partial charge is 0.320 e. The molecule has 96 valence electrons. The van der Waals surface area contributed by atoms with Crippen LogP contribution in [0.1, 0.15) is 6.42 Å². The van der Waals surface area contributed by atoms with E-state index in [0.717, 1.165) is 26.1 Å². The normalized spacial score (nSPS) is 26.2. The highest BCUT2D eigenvalue weighted by Gasteiger charge is 2.39. The predicted molar refractivity (Wildman–Crippen MR) is 66.9 cm³/mol. The summed E-state index contributed by atoms with van der Waals surface area (Å²) >= 11 is 0. The molecule has 2 amide bonds. The fourth-order valence-electron chi connectivity index (χ4n) is 2.83. The lowest BCUT2D eigenvalue weighted by molar-refractivity contribution is 0.206. The molecule has 0 bridgehead atoms. The van der Waals surface area contributed by atoms with Crippen molar-refractivity contribution in [2.24, 2.45) is 5.92 Å². The highest BCUT2D eigenvalue weighted by Crippen LogP contribution is 2.27. The number of likely N-dealkylation sites (tertiary alicyclic amines) is 1. The Morgan fingerprint density at radius 1 is 1.33 bits per heavy atom. The number of benzene rings is 1. The lowest BCUT2D eigenvalue weighted by Crippen LogP contribution is -2.41.